The standard InChI is InChI=1S/C22H39N3O6/c1-13(2)11-15(24-21(30)31-22(5,6)7)18(26)23-16(12-14(3)4)19(27)25-10-8-9-17(25)20(28)29/h13-17H,8-12H2,1-7H3,(H,23,26)(H,24,30)(H,28,29). The maximum Gasteiger partial charge on any atom is 0.408 e. The van der Waals surface area contributed by atoms with Gasteiger partial charge in [0.05, 0.1) is 0 Å². The molecule has 0 bridgehead atoms. The van der Waals surface area contributed by atoms with Crippen molar-refractivity contribution in [3.8, 4) is 0 Å². The third-order valence-electron chi connectivity index (χ3n) is 4.86. The van der Waals surface area contributed by atoms with E-state index in [1.165, 1.54) is 4.90 Å². The lowest BCUT2D eigenvalue weighted by atomic mass is 9.99. The lowest BCUT2D eigenvalue weighted by Gasteiger charge is -2.30. The van der Waals surface area contributed by atoms with Crippen molar-refractivity contribution in [3.63, 3.8) is 0 Å². The van der Waals surface area contributed by atoms with Gasteiger partial charge in [0.25, 0.3) is 0 Å². The summed E-state index contributed by atoms with van der Waals surface area (Å²) in [5.41, 5.74) is -0.708. The van der Waals surface area contributed by atoms with Crippen LogP contribution in [0.5, 0.6) is 0 Å². The molecule has 1 saturated heterocycles. The number of ether oxygens (including phenoxy) is 1. The predicted molar refractivity (Wildman–Crippen MR) is 116 cm³/mol. The number of amides is 3. The molecule has 1 aliphatic heterocycles. The molecular formula is C22H39N3O6. The van der Waals surface area contributed by atoms with Crippen LogP contribution in [0.3, 0.4) is 0 Å². The summed E-state index contributed by atoms with van der Waals surface area (Å²) < 4.78 is 5.27. The van der Waals surface area contributed by atoms with Crippen LogP contribution >= 0.6 is 0 Å². The molecule has 3 unspecified atom stereocenters. The summed E-state index contributed by atoms with van der Waals surface area (Å²) in [7, 11) is 0. The molecule has 3 atom stereocenters. The zero-order valence-electron chi connectivity index (χ0n) is 19.9. The monoisotopic (exact) mass is 441 g/mol. The predicted octanol–water partition coefficient (Wildman–Crippen LogP) is 2.53. The van der Waals surface area contributed by atoms with Gasteiger partial charge >= 0.3 is 12.1 Å². The molecule has 3 amide bonds. The summed E-state index contributed by atoms with van der Waals surface area (Å²) in [6.45, 7) is 13.3. The highest BCUT2D eigenvalue weighted by atomic mass is 16.6. The molecule has 3 N–H and O–H groups in total. The minimum Gasteiger partial charge on any atom is -0.480 e. The summed E-state index contributed by atoms with van der Waals surface area (Å²) in [5, 5.41) is 14.8. The Hall–Kier alpha value is -2.32. The molecule has 1 fully saturated rings. The van der Waals surface area contributed by atoms with Crippen LogP contribution in [0.15, 0.2) is 0 Å². The number of rotatable bonds is 9. The average molecular weight is 442 g/mol. The first-order valence-electron chi connectivity index (χ1n) is 11.0. The number of nitrogens with one attached hydrogen (secondary N) is 2. The van der Waals surface area contributed by atoms with E-state index in [9.17, 15) is 24.3 Å². The van der Waals surface area contributed by atoms with Crippen LogP contribution in [0.1, 0.15) is 74.1 Å². The van der Waals surface area contributed by atoms with Gasteiger partial charge in [-0.3, -0.25) is 9.59 Å². The zero-order valence-corrected chi connectivity index (χ0v) is 19.9. The quantitative estimate of drug-likeness (QED) is 0.505. The van der Waals surface area contributed by atoms with Crippen LogP contribution in [0.25, 0.3) is 0 Å². The minimum atomic E-state index is -1.04. The molecule has 0 saturated carbocycles. The molecule has 0 aromatic carbocycles. The zero-order chi connectivity index (χ0) is 23.9. The molecule has 31 heavy (non-hydrogen) atoms. The second-order valence-corrected chi connectivity index (χ2v) is 10.0. The number of hydrogen-bond donors (Lipinski definition) is 3. The number of carboxylic acid groups (broad SMARTS) is 1. The molecule has 9 nitrogen and oxygen atoms in total. The van der Waals surface area contributed by atoms with Crippen LogP contribution in [0.4, 0.5) is 4.79 Å². The summed E-state index contributed by atoms with van der Waals surface area (Å²) in [4.78, 5) is 51.2. The lowest BCUT2D eigenvalue weighted by molar-refractivity contribution is -0.149. The number of carboxylic acids is 1. The van der Waals surface area contributed by atoms with Gasteiger partial charge in [0, 0.05) is 6.54 Å². The first-order valence-corrected chi connectivity index (χ1v) is 11.0. The maximum absolute atomic E-state index is 13.1. The summed E-state index contributed by atoms with van der Waals surface area (Å²) >= 11 is 0. The van der Waals surface area contributed by atoms with Crippen molar-refractivity contribution in [2.45, 2.75) is 97.9 Å². The maximum atomic E-state index is 13.1. The Balaban J connectivity index is 2.98. The Morgan fingerprint density at radius 1 is 1.00 bits per heavy atom. The van der Waals surface area contributed by atoms with Gasteiger partial charge in [0.2, 0.25) is 11.8 Å². The molecular weight excluding hydrogens is 402 g/mol. The van der Waals surface area contributed by atoms with Crippen molar-refractivity contribution in [1.29, 1.82) is 0 Å². The Labute approximate surface area is 185 Å². The fourth-order valence-electron chi connectivity index (χ4n) is 3.61. The van der Waals surface area contributed by atoms with Gasteiger partial charge in [-0.15, -0.1) is 0 Å². The SMILES string of the molecule is CC(C)CC(NC(=O)OC(C)(C)C)C(=O)NC(CC(C)C)C(=O)N1CCCC1C(=O)O. The molecule has 0 aromatic rings. The number of aliphatic carboxylic acids is 1. The first-order chi connectivity index (χ1) is 14.2. The van der Waals surface area contributed by atoms with Crippen molar-refractivity contribution in [1.82, 2.24) is 15.5 Å². The number of alkyl carbamates (subject to hydrolysis) is 1. The van der Waals surface area contributed by atoms with Crippen LogP contribution in [0, 0.1) is 11.8 Å². The molecule has 1 heterocycles. The Kier molecular flexibility index (Phi) is 9.77. The van der Waals surface area contributed by atoms with Crippen molar-refractivity contribution in [2.24, 2.45) is 11.8 Å². The van der Waals surface area contributed by atoms with Crippen molar-refractivity contribution >= 4 is 23.9 Å². The van der Waals surface area contributed by atoms with E-state index in [-0.39, 0.29) is 11.8 Å². The molecule has 0 aromatic heterocycles. The van der Waals surface area contributed by atoms with Crippen molar-refractivity contribution < 1.29 is 29.0 Å². The van der Waals surface area contributed by atoms with Crippen LogP contribution < -0.4 is 10.6 Å². The fourth-order valence-corrected chi connectivity index (χ4v) is 3.61. The van der Waals surface area contributed by atoms with Gasteiger partial charge in [-0.1, -0.05) is 27.7 Å². The number of carbonyl (C=O) groups is 4. The van der Waals surface area contributed by atoms with Gasteiger partial charge in [-0.2, -0.15) is 0 Å². The van der Waals surface area contributed by atoms with Crippen molar-refractivity contribution in [2.75, 3.05) is 6.54 Å². The molecule has 178 valence electrons. The van der Waals surface area contributed by atoms with Gasteiger partial charge in [-0.25, -0.2) is 9.59 Å². The second kappa shape index (κ2) is 11.3. The normalized spacial score (nSPS) is 18.6. The molecule has 1 aliphatic rings. The second-order valence-electron chi connectivity index (χ2n) is 10.0. The highest BCUT2D eigenvalue weighted by molar-refractivity contribution is 5.93. The topological polar surface area (TPSA) is 125 Å². The summed E-state index contributed by atoms with van der Waals surface area (Å²) in [5.74, 6) is -1.70. The average Bonchev–Trinajstić information content (AvgIpc) is 3.07. The minimum absolute atomic E-state index is 0.0995. The lowest BCUT2D eigenvalue weighted by Crippen LogP contribution is -2.56. The number of hydrogen-bond acceptors (Lipinski definition) is 5. The van der Waals surface area contributed by atoms with Crippen LogP contribution in [-0.2, 0) is 19.1 Å². The number of nitrogens with zero attached hydrogens (tertiary/aromatic N) is 1. The van der Waals surface area contributed by atoms with E-state index < -0.39 is 47.6 Å². The van der Waals surface area contributed by atoms with E-state index >= 15 is 0 Å². The van der Waals surface area contributed by atoms with Gasteiger partial charge in [-0.05, 0) is 58.3 Å². The van der Waals surface area contributed by atoms with E-state index in [4.69, 9.17) is 4.74 Å². The third kappa shape index (κ3) is 9.14. The van der Waals surface area contributed by atoms with Gasteiger partial charge < -0.3 is 25.4 Å². The van der Waals surface area contributed by atoms with Gasteiger partial charge in [0.15, 0.2) is 0 Å². The summed E-state index contributed by atoms with van der Waals surface area (Å²) in [6.07, 6.45) is 1.05. The first kappa shape index (κ1) is 26.7. The van der Waals surface area contributed by atoms with E-state index in [1.807, 2.05) is 27.7 Å². The van der Waals surface area contributed by atoms with E-state index in [0.29, 0.717) is 32.2 Å². The Bertz CT molecular complexity index is 656. The van der Waals surface area contributed by atoms with Gasteiger partial charge in [0.1, 0.15) is 23.7 Å². The van der Waals surface area contributed by atoms with E-state index in [1.54, 1.807) is 20.8 Å². The number of likely N-dealkylation sites (tertiary alicyclic amines) is 1. The molecule has 0 aliphatic carbocycles. The highest BCUT2D eigenvalue weighted by Gasteiger charge is 2.38. The van der Waals surface area contributed by atoms with Crippen LogP contribution in [0.2, 0.25) is 0 Å². The van der Waals surface area contributed by atoms with E-state index in [2.05, 4.69) is 10.6 Å². The van der Waals surface area contributed by atoms with Crippen molar-refractivity contribution in [3.05, 3.63) is 0 Å². The van der Waals surface area contributed by atoms with Crippen LogP contribution in [-0.4, -0.2) is 64.2 Å². The Morgan fingerprint density at radius 2 is 1.55 bits per heavy atom. The number of carbonyl (C=O) groups excluding carboxylic acids is 3. The fraction of sp³-hybridized carbons (Fsp3) is 0.818. The molecule has 0 spiro atoms. The highest BCUT2D eigenvalue weighted by Crippen LogP contribution is 2.20. The Morgan fingerprint density at radius 3 is 2.03 bits per heavy atom. The molecule has 9 heteroatoms. The smallest absolute Gasteiger partial charge is 0.408 e. The largest absolute Gasteiger partial charge is 0.480 e. The van der Waals surface area contributed by atoms with E-state index in [0.717, 1.165) is 0 Å². The molecule has 0 radical (unpaired) electrons. The summed E-state index contributed by atoms with van der Waals surface area (Å²) in [6, 6.07) is -2.60. The molecule has 1 rings (SSSR count). The third-order valence-corrected chi connectivity index (χ3v) is 4.86.